The maximum absolute atomic E-state index is 10.5. The van der Waals surface area contributed by atoms with Gasteiger partial charge in [-0.25, -0.2) is 0 Å². The van der Waals surface area contributed by atoms with Gasteiger partial charge in [-0.1, -0.05) is 65.2 Å². The molecule has 0 spiro atoms. The highest BCUT2D eigenvalue weighted by Crippen LogP contribution is 2.14. The lowest BCUT2D eigenvalue weighted by molar-refractivity contribution is -0.141. The Morgan fingerprint density at radius 2 is 1.53 bits per heavy atom. The first kappa shape index (κ1) is 16.5. The van der Waals surface area contributed by atoms with E-state index in [1.54, 1.807) is 0 Å². The second-order valence-corrected chi connectivity index (χ2v) is 5.12. The van der Waals surface area contributed by atoms with Crippen molar-refractivity contribution in [2.45, 2.75) is 78.6 Å². The summed E-state index contributed by atoms with van der Waals surface area (Å²) in [5.41, 5.74) is 0. The Morgan fingerprint density at radius 3 is 2.06 bits per heavy atom. The van der Waals surface area contributed by atoms with E-state index in [-0.39, 0.29) is 5.97 Å². The molecular formula is C15H30O2. The minimum Gasteiger partial charge on any atom is -0.466 e. The fraction of sp³-hybridized carbons (Fsp3) is 0.933. The lowest BCUT2D eigenvalue weighted by atomic mass is 10.00. The molecule has 0 aromatic rings. The van der Waals surface area contributed by atoms with Crippen LogP contribution in [0.2, 0.25) is 0 Å². The molecule has 0 heterocycles. The maximum Gasteiger partial charge on any atom is 0.302 e. The molecule has 2 heteroatoms. The van der Waals surface area contributed by atoms with Gasteiger partial charge in [-0.05, 0) is 12.3 Å². The van der Waals surface area contributed by atoms with Gasteiger partial charge in [0.1, 0.15) is 0 Å². The summed E-state index contributed by atoms with van der Waals surface area (Å²) in [5, 5.41) is 0. The van der Waals surface area contributed by atoms with E-state index in [9.17, 15) is 4.79 Å². The fourth-order valence-electron chi connectivity index (χ4n) is 1.90. The second kappa shape index (κ2) is 11.9. The first-order valence-electron chi connectivity index (χ1n) is 7.30. The molecule has 0 bridgehead atoms. The quantitative estimate of drug-likeness (QED) is 0.387. The van der Waals surface area contributed by atoms with Crippen LogP contribution in [0.4, 0.5) is 0 Å². The van der Waals surface area contributed by atoms with Crippen LogP contribution in [0.5, 0.6) is 0 Å². The number of hydrogen-bond donors (Lipinski definition) is 0. The van der Waals surface area contributed by atoms with Crippen molar-refractivity contribution in [3.8, 4) is 0 Å². The lowest BCUT2D eigenvalue weighted by Gasteiger charge is -2.07. The first-order chi connectivity index (χ1) is 8.16. The highest BCUT2D eigenvalue weighted by atomic mass is 16.5. The molecule has 0 radical (unpaired) electrons. The molecule has 0 fully saturated rings. The number of hydrogen-bond acceptors (Lipinski definition) is 2. The van der Waals surface area contributed by atoms with E-state index < -0.39 is 0 Å². The number of esters is 1. The predicted molar refractivity (Wildman–Crippen MR) is 73.0 cm³/mol. The number of carbonyl (C=O) groups excluding carboxylic acids is 1. The van der Waals surface area contributed by atoms with Gasteiger partial charge >= 0.3 is 5.97 Å². The van der Waals surface area contributed by atoms with Crippen LogP contribution in [-0.4, -0.2) is 12.6 Å². The Kier molecular flexibility index (Phi) is 11.6. The Labute approximate surface area is 107 Å². The molecule has 0 aromatic carbocycles. The second-order valence-electron chi connectivity index (χ2n) is 5.12. The highest BCUT2D eigenvalue weighted by molar-refractivity contribution is 5.65. The molecular weight excluding hydrogens is 212 g/mol. The van der Waals surface area contributed by atoms with E-state index in [0.29, 0.717) is 6.61 Å². The van der Waals surface area contributed by atoms with Crippen LogP contribution in [-0.2, 0) is 9.53 Å². The zero-order valence-corrected chi connectivity index (χ0v) is 12.0. The smallest absolute Gasteiger partial charge is 0.302 e. The van der Waals surface area contributed by atoms with Crippen molar-refractivity contribution in [3.63, 3.8) is 0 Å². The monoisotopic (exact) mass is 242 g/mol. The Morgan fingerprint density at radius 1 is 1.00 bits per heavy atom. The van der Waals surface area contributed by atoms with E-state index in [4.69, 9.17) is 4.74 Å². The average molecular weight is 242 g/mol. The Balaban J connectivity index is 3.01. The molecule has 0 aliphatic rings. The van der Waals surface area contributed by atoms with Crippen molar-refractivity contribution in [3.05, 3.63) is 0 Å². The molecule has 102 valence electrons. The zero-order chi connectivity index (χ0) is 12.9. The van der Waals surface area contributed by atoms with Crippen LogP contribution in [0.1, 0.15) is 78.6 Å². The molecule has 0 saturated carbocycles. The van der Waals surface area contributed by atoms with Crippen LogP contribution in [0.15, 0.2) is 0 Å². The number of ether oxygens (including phenoxy) is 1. The molecule has 0 aromatic heterocycles. The summed E-state index contributed by atoms with van der Waals surface area (Å²) < 4.78 is 4.89. The lowest BCUT2D eigenvalue weighted by Crippen LogP contribution is -2.00. The predicted octanol–water partition coefficient (Wildman–Crippen LogP) is 4.72. The van der Waals surface area contributed by atoms with Gasteiger partial charge in [0.2, 0.25) is 0 Å². The highest BCUT2D eigenvalue weighted by Gasteiger charge is 1.98. The van der Waals surface area contributed by atoms with Gasteiger partial charge in [-0.3, -0.25) is 4.79 Å². The van der Waals surface area contributed by atoms with Crippen molar-refractivity contribution in [2.24, 2.45) is 5.92 Å². The van der Waals surface area contributed by atoms with Gasteiger partial charge in [0.25, 0.3) is 0 Å². The van der Waals surface area contributed by atoms with E-state index in [1.807, 2.05) is 0 Å². The van der Waals surface area contributed by atoms with Crippen molar-refractivity contribution >= 4 is 5.97 Å². The van der Waals surface area contributed by atoms with Crippen LogP contribution in [0.3, 0.4) is 0 Å². The summed E-state index contributed by atoms with van der Waals surface area (Å²) in [4.78, 5) is 10.5. The van der Waals surface area contributed by atoms with E-state index in [2.05, 4.69) is 13.8 Å². The van der Waals surface area contributed by atoms with Crippen LogP contribution in [0, 0.1) is 5.92 Å². The summed E-state index contributed by atoms with van der Waals surface area (Å²) in [6.45, 7) is 6.68. The van der Waals surface area contributed by atoms with Crippen molar-refractivity contribution < 1.29 is 9.53 Å². The van der Waals surface area contributed by atoms with Crippen molar-refractivity contribution in [1.82, 2.24) is 0 Å². The first-order valence-corrected chi connectivity index (χ1v) is 7.30. The van der Waals surface area contributed by atoms with Crippen molar-refractivity contribution in [1.29, 1.82) is 0 Å². The van der Waals surface area contributed by atoms with Gasteiger partial charge in [0, 0.05) is 6.92 Å². The third-order valence-corrected chi connectivity index (χ3v) is 3.34. The summed E-state index contributed by atoms with van der Waals surface area (Å²) in [7, 11) is 0. The molecule has 0 unspecified atom stereocenters. The average Bonchev–Trinajstić information content (AvgIpc) is 2.30. The SMILES string of the molecule is CC[C@@H](C)CCCCCCCCCOC(C)=O. The van der Waals surface area contributed by atoms with Crippen molar-refractivity contribution in [2.75, 3.05) is 6.61 Å². The number of carbonyl (C=O) groups is 1. The molecule has 1 atom stereocenters. The summed E-state index contributed by atoms with van der Waals surface area (Å²) >= 11 is 0. The molecule has 0 saturated heterocycles. The number of rotatable bonds is 11. The standard InChI is InChI=1S/C15H30O2/c1-4-14(2)12-10-8-6-5-7-9-11-13-17-15(3)16/h14H,4-13H2,1-3H3/t14-/m1/s1. The third kappa shape index (κ3) is 13.4. The Bertz CT molecular complexity index is 178. The van der Waals surface area contributed by atoms with Crippen LogP contribution in [0.25, 0.3) is 0 Å². The van der Waals surface area contributed by atoms with E-state index in [0.717, 1.165) is 12.3 Å². The summed E-state index contributed by atoms with van der Waals surface area (Å²) in [6.07, 6.45) is 11.7. The summed E-state index contributed by atoms with van der Waals surface area (Å²) in [6, 6.07) is 0. The topological polar surface area (TPSA) is 26.3 Å². The minimum atomic E-state index is -0.157. The number of unbranched alkanes of at least 4 members (excludes halogenated alkanes) is 6. The normalized spacial score (nSPS) is 12.4. The molecule has 0 N–H and O–H groups in total. The third-order valence-electron chi connectivity index (χ3n) is 3.34. The fourth-order valence-corrected chi connectivity index (χ4v) is 1.90. The Hall–Kier alpha value is -0.530. The zero-order valence-electron chi connectivity index (χ0n) is 12.0. The molecule has 0 aliphatic heterocycles. The molecule has 2 nitrogen and oxygen atoms in total. The molecule has 0 amide bonds. The molecule has 17 heavy (non-hydrogen) atoms. The van der Waals surface area contributed by atoms with Gasteiger partial charge < -0.3 is 4.74 Å². The molecule has 0 rings (SSSR count). The summed E-state index contributed by atoms with van der Waals surface area (Å²) in [5.74, 6) is 0.744. The van der Waals surface area contributed by atoms with Gasteiger partial charge in [0.15, 0.2) is 0 Å². The van der Waals surface area contributed by atoms with Gasteiger partial charge in [-0.2, -0.15) is 0 Å². The minimum absolute atomic E-state index is 0.157. The van der Waals surface area contributed by atoms with E-state index in [1.165, 1.54) is 58.3 Å². The van der Waals surface area contributed by atoms with E-state index >= 15 is 0 Å². The largest absolute Gasteiger partial charge is 0.466 e. The molecule has 0 aliphatic carbocycles. The van der Waals surface area contributed by atoms with Crippen LogP contribution < -0.4 is 0 Å². The van der Waals surface area contributed by atoms with Crippen LogP contribution >= 0.6 is 0 Å². The van der Waals surface area contributed by atoms with Gasteiger partial charge in [-0.15, -0.1) is 0 Å². The van der Waals surface area contributed by atoms with Gasteiger partial charge in [0.05, 0.1) is 6.61 Å². The maximum atomic E-state index is 10.5.